The molecule has 0 aliphatic carbocycles. The minimum atomic E-state index is -0.359. The Hall–Kier alpha value is -2.88. The fourth-order valence-electron chi connectivity index (χ4n) is 4.19. The van der Waals surface area contributed by atoms with E-state index in [1.807, 2.05) is 25.1 Å². The van der Waals surface area contributed by atoms with Crippen LogP contribution in [-0.2, 0) is 9.63 Å². The molecule has 0 saturated heterocycles. The van der Waals surface area contributed by atoms with Crippen LogP contribution < -0.4 is 10.8 Å². The first-order valence-electron chi connectivity index (χ1n) is 13.7. The number of fused-ring (bicyclic) bond motifs is 1. The second-order valence-electron chi connectivity index (χ2n) is 10.5. The molecule has 9 heteroatoms. The number of oxazole rings is 1. The van der Waals surface area contributed by atoms with E-state index in [1.54, 1.807) is 12.1 Å². The molecule has 0 unspecified atom stereocenters. The maximum atomic E-state index is 12.7. The van der Waals surface area contributed by atoms with Crippen LogP contribution in [-0.4, -0.2) is 54.7 Å². The molecule has 2 N–H and O–H groups in total. The summed E-state index contributed by atoms with van der Waals surface area (Å²) in [6, 6.07) is 11.6. The molecular formula is C30H42N4O4S. The smallest absolute Gasteiger partial charge is 0.278 e. The van der Waals surface area contributed by atoms with Gasteiger partial charge in [-0.25, -0.2) is 10.5 Å². The van der Waals surface area contributed by atoms with Gasteiger partial charge in [0, 0.05) is 24.4 Å². The van der Waals surface area contributed by atoms with Gasteiger partial charge in [0.1, 0.15) is 5.52 Å². The Bertz CT molecular complexity index is 1210. The van der Waals surface area contributed by atoms with E-state index in [-0.39, 0.29) is 11.8 Å². The van der Waals surface area contributed by atoms with E-state index < -0.39 is 0 Å². The number of carbonyl (C=O) groups excluding carboxylic acids is 2. The molecule has 3 rings (SSSR count). The van der Waals surface area contributed by atoms with Crippen molar-refractivity contribution in [2.24, 2.45) is 0 Å². The van der Waals surface area contributed by atoms with Crippen molar-refractivity contribution in [3.8, 4) is 0 Å². The van der Waals surface area contributed by atoms with Crippen molar-refractivity contribution in [2.45, 2.75) is 70.4 Å². The highest BCUT2D eigenvalue weighted by Crippen LogP contribution is 2.32. The lowest BCUT2D eigenvalue weighted by Gasteiger charge is -2.20. The number of unbranched alkanes of at least 4 members (excludes halogenated alkanes) is 2. The summed E-state index contributed by atoms with van der Waals surface area (Å²) in [6.07, 6.45) is 3.18. The molecule has 0 saturated carbocycles. The highest BCUT2D eigenvalue weighted by atomic mass is 32.2. The highest BCUT2D eigenvalue weighted by molar-refractivity contribution is 7.99. The van der Waals surface area contributed by atoms with E-state index in [9.17, 15) is 9.59 Å². The van der Waals surface area contributed by atoms with Gasteiger partial charge in [-0.15, -0.1) is 0 Å². The molecule has 0 fully saturated rings. The van der Waals surface area contributed by atoms with Gasteiger partial charge in [-0.05, 0) is 62.0 Å². The lowest BCUT2D eigenvalue weighted by Crippen LogP contribution is -2.28. The number of nitrogens with zero attached hydrogens (tertiary/aromatic N) is 2. The molecule has 3 aromatic rings. The first kappa shape index (κ1) is 30.7. The minimum Gasteiger partial charge on any atom is -0.430 e. The van der Waals surface area contributed by atoms with E-state index in [0.717, 1.165) is 30.7 Å². The Kier molecular flexibility index (Phi) is 11.8. The van der Waals surface area contributed by atoms with E-state index in [2.05, 4.69) is 61.7 Å². The largest absolute Gasteiger partial charge is 0.430 e. The Morgan fingerprint density at radius 2 is 1.69 bits per heavy atom. The van der Waals surface area contributed by atoms with Gasteiger partial charge >= 0.3 is 0 Å². The number of hydrogen-bond donors (Lipinski definition) is 2. The molecule has 1 aromatic heterocycles. The lowest BCUT2D eigenvalue weighted by atomic mass is 9.92. The molecule has 2 amide bonds. The maximum absolute atomic E-state index is 12.7. The van der Waals surface area contributed by atoms with Crippen molar-refractivity contribution in [3.63, 3.8) is 0 Å². The van der Waals surface area contributed by atoms with Crippen molar-refractivity contribution in [1.82, 2.24) is 15.4 Å². The number of nitrogens with one attached hydrogen (secondary N) is 2. The van der Waals surface area contributed by atoms with Crippen LogP contribution in [0.3, 0.4) is 0 Å². The number of anilines is 1. The molecular weight excluding hydrogens is 512 g/mol. The maximum Gasteiger partial charge on any atom is 0.278 e. The van der Waals surface area contributed by atoms with Gasteiger partial charge in [-0.1, -0.05) is 70.1 Å². The zero-order valence-corrected chi connectivity index (χ0v) is 24.8. The molecule has 212 valence electrons. The highest BCUT2D eigenvalue weighted by Gasteiger charge is 2.17. The summed E-state index contributed by atoms with van der Waals surface area (Å²) in [5, 5.41) is 3.73. The summed E-state index contributed by atoms with van der Waals surface area (Å²) in [5.74, 6) is 1.21. The summed E-state index contributed by atoms with van der Waals surface area (Å²) in [4.78, 5) is 37.0. The summed E-state index contributed by atoms with van der Waals surface area (Å²) < 4.78 is 5.90. The Morgan fingerprint density at radius 1 is 1.00 bits per heavy atom. The van der Waals surface area contributed by atoms with Crippen molar-refractivity contribution < 1.29 is 18.8 Å². The van der Waals surface area contributed by atoms with Gasteiger partial charge in [-0.2, -0.15) is 0 Å². The summed E-state index contributed by atoms with van der Waals surface area (Å²) in [6.45, 7) is 9.70. The number of carbonyl (C=O) groups is 2. The zero-order valence-electron chi connectivity index (χ0n) is 24.0. The molecule has 8 nitrogen and oxygen atoms in total. The predicted octanol–water partition coefficient (Wildman–Crippen LogP) is 6.59. The molecule has 0 spiro atoms. The van der Waals surface area contributed by atoms with Gasteiger partial charge in [0.2, 0.25) is 5.91 Å². The fraction of sp³-hybridized carbons (Fsp3) is 0.500. The third-order valence-electron chi connectivity index (χ3n) is 6.36. The van der Waals surface area contributed by atoms with Crippen LogP contribution in [0.5, 0.6) is 0 Å². The number of thioether (sulfide) groups is 1. The van der Waals surface area contributed by atoms with E-state index in [4.69, 9.17) is 9.25 Å². The standard InChI is InChI=1S/C30H42N4O4S/c1-20(2)22-12-10-13-23(21(3)4)27(22)32-26(35)16-8-7-9-19-39-30-31-25-15-11-14-24(28(25)38-30)29(36)33-37-18-17-34(5)6/h10-15,20-21H,7-9,16-19H2,1-6H3,(H,32,35)(H,33,36). The summed E-state index contributed by atoms with van der Waals surface area (Å²) >= 11 is 1.52. The van der Waals surface area contributed by atoms with Crippen molar-refractivity contribution in [2.75, 3.05) is 38.3 Å². The third-order valence-corrected chi connectivity index (χ3v) is 7.27. The first-order valence-corrected chi connectivity index (χ1v) is 14.7. The molecule has 39 heavy (non-hydrogen) atoms. The third kappa shape index (κ3) is 9.08. The van der Waals surface area contributed by atoms with Crippen molar-refractivity contribution in [3.05, 3.63) is 53.1 Å². The summed E-state index contributed by atoms with van der Waals surface area (Å²) in [7, 11) is 3.87. The quantitative estimate of drug-likeness (QED) is 0.124. The molecule has 0 atom stereocenters. The topological polar surface area (TPSA) is 96.7 Å². The number of rotatable bonds is 15. The Balaban J connectivity index is 1.44. The van der Waals surface area contributed by atoms with Crippen LogP contribution in [0.25, 0.3) is 11.1 Å². The number of para-hydroxylation sites is 2. The van der Waals surface area contributed by atoms with Gasteiger partial charge in [0.15, 0.2) is 5.58 Å². The molecule has 2 aromatic carbocycles. The lowest BCUT2D eigenvalue weighted by molar-refractivity contribution is -0.116. The number of benzene rings is 2. The van der Waals surface area contributed by atoms with Crippen LogP contribution >= 0.6 is 11.8 Å². The Labute approximate surface area is 236 Å². The van der Waals surface area contributed by atoms with Gasteiger partial charge in [-0.3, -0.25) is 14.4 Å². The van der Waals surface area contributed by atoms with E-state index in [1.165, 1.54) is 22.9 Å². The normalized spacial score (nSPS) is 11.6. The van der Waals surface area contributed by atoms with E-state index >= 15 is 0 Å². The molecule has 0 radical (unpaired) electrons. The van der Waals surface area contributed by atoms with Crippen LogP contribution in [0, 0.1) is 0 Å². The summed E-state index contributed by atoms with van der Waals surface area (Å²) in [5.41, 5.74) is 7.29. The molecule has 0 aliphatic rings. The fourth-order valence-corrected chi connectivity index (χ4v) is 5.02. The van der Waals surface area contributed by atoms with Gasteiger partial charge in [0.05, 0.1) is 12.2 Å². The van der Waals surface area contributed by atoms with Crippen LogP contribution in [0.1, 0.15) is 86.7 Å². The Morgan fingerprint density at radius 3 is 2.36 bits per heavy atom. The zero-order chi connectivity index (χ0) is 28.4. The first-order chi connectivity index (χ1) is 18.7. The predicted molar refractivity (Wildman–Crippen MR) is 158 cm³/mol. The second-order valence-corrected chi connectivity index (χ2v) is 11.6. The number of amides is 2. The minimum absolute atomic E-state index is 0.0631. The SMILES string of the molecule is CC(C)c1cccc(C(C)C)c1NC(=O)CCCCCSc1nc2cccc(C(=O)NOCCN(C)C)c2o1. The van der Waals surface area contributed by atoms with Gasteiger partial charge in [0.25, 0.3) is 11.1 Å². The molecule has 1 heterocycles. The number of hydrogen-bond acceptors (Lipinski definition) is 7. The van der Waals surface area contributed by atoms with Crippen molar-refractivity contribution >= 4 is 40.4 Å². The number of likely N-dealkylation sites (N-methyl/N-ethyl adjacent to an activating group) is 1. The molecule has 0 bridgehead atoms. The van der Waals surface area contributed by atoms with Crippen molar-refractivity contribution in [1.29, 1.82) is 0 Å². The molecule has 0 aliphatic heterocycles. The van der Waals surface area contributed by atoms with Crippen LogP contribution in [0.4, 0.5) is 5.69 Å². The monoisotopic (exact) mass is 554 g/mol. The second kappa shape index (κ2) is 15.1. The van der Waals surface area contributed by atoms with E-state index in [0.29, 0.717) is 53.3 Å². The average molecular weight is 555 g/mol. The number of aromatic nitrogens is 1. The number of hydroxylamine groups is 1. The van der Waals surface area contributed by atoms with Crippen LogP contribution in [0.2, 0.25) is 0 Å². The average Bonchev–Trinajstić information content (AvgIpc) is 3.31. The van der Waals surface area contributed by atoms with Gasteiger partial charge < -0.3 is 14.6 Å². The van der Waals surface area contributed by atoms with Crippen LogP contribution in [0.15, 0.2) is 46.0 Å².